The van der Waals surface area contributed by atoms with Crippen LogP contribution in [0.1, 0.15) is 21.7 Å². The van der Waals surface area contributed by atoms with Crippen molar-refractivity contribution < 1.29 is 9.53 Å². The van der Waals surface area contributed by atoms with Gasteiger partial charge in [-0.15, -0.1) is 0 Å². The van der Waals surface area contributed by atoms with Crippen LogP contribution >= 0.6 is 15.9 Å². The maximum Gasteiger partial charge on any atom is 0.255 e. The molecule has 0 unspecified atom stereocenters. The van der Waals surface area contributed by atoms with Crippen LogP contribution in [-0.4, -0.2) is 42.0 Å². The Morgan fingerprint density at radius 3 is 2.45 bits per heavy atom. The van der Waals surface area contributed by atoms with Crippen molar-refractivity contribution in [2.45, 2.75) is 13.8 Å². The number of hydrogen-bond acceptors (Lipinski definition) is 4. The van der Waals surface area contributed by atoms with E-state index >= 15 is 0 Å². The van der Waals surface area contributed by atoms with Crippen molar-refractivity contribution in [2.24, 2.45) is 0 Å². The number of halogens is 1. The van der Waals surface area contributed by atoms with Crippen molar-refractivity contribution in [1.82, 2.24) is 9.78 Å². The number of morpholine rings is 1. The number of aryl methyl sites for hydroxylation is 1. The van der Waals surface area contributed by atoms with E-state index in [1.807, 2.05) is 61.0 Å². The van der Waals surface area contributed by atoms with Crippen LogP contribution in [0.15, 0.2) is 53.0 Å². The number of amides is 1. The zero-order chi connectivity index (χ0) is 20.4. The molecule has 1 amide bonds. The van der Waals surface area contributed by atoms with Crippen molar-refractivity contribution >= 4 is 33.2 Å². The van der Waals surface area contributed by atoms with Crippen molar-refractivity contribution in [3.05, 3.63) is 70.0 Å². The molecule has 0 aliphatic carbocycles. The van der Waals surface area contributed by atoms with Gasteiger partial charge in [-0.05, 0) is 72.2 Å². The smallest absolute Gasteiger partial charge is 0.255 e. The molecule has 1 saturated heterocycles. The standard InChI is InChI=1S/C22H23BrN4O2/c1-15-21(23)16(2)27(25-15)19-8-6-17(7-9-19)22(28)24-18-4-3-5-20(14-18)26-10-12-29-13-11-26/h3-9,14H,10-13H2,1-2H3,(H,24,28). The van der Waals surface area contributed by atoms with E-state index in [1.54, 1.807) is 0 Å². The molecule has 0 saturated carbocycles. The molecule has 3 aromatic rings. The molecule has 6 nitrogen and oxygen atoms in total. The lowest BCUT2D eigenvalue weighted by Crippen LogP contribution is -2.36. The highest BCUT2D eigenvalue weighted by Crippen LogP contribution is 2.24. The van der Waals surface area contributed by atoms with Gasteiger partial charge in [0, 0.05) is 30.0 Å². The third-order valence-corrected chi connectivity index (χ3v) is 6.20. The minimum Gasteiger partial charge on any atom is -0.378 e. The second kappa shape index (κ2) is 8.39. The van der Waals surface area contributed by atoms with Crippen molar-refractivity contribution in [3.63, 3.8) is 0 Å². The number of anilines is 2. The highest BCUT2D eigenvalue weighted by Gasteiger charge is 2.14. The summed E-state index contributed by atoms with van der Waals surface area (Å²) in [6.45, 7) is 7.15. The fourth-order valence-electron chi connectivity index (χ4n) is 3.43. The first-order valence-electron chi connectivity index (χ1n) is 9.59. The first-order valence-corrected chi connectivity index (χ1v) is 10.4. The predicted octanol–water partition coefficient (Wildman–Crippen LogP) is 4.34. The predicted molar refractivity (Wildman–Crippen MR) is 118 cm³/mol. The summed E-state index contributed by atoms with van der Waals surface area (Å²) < 4.78 is 8.28. The van der Waals surface area contributed by atoms with Crippen molar-refractivity contribution in [2.75, 3.05) is 36.5 Å². The molecule has 7 heteroatoms. The van der Waals surface area contributed by atoms with Crippen LogP contribution in [0.25, 0.3) is 5.69 Å². The second-order valence-corrected chi connectivity index (χ2v) is 7.84. The van der Waals surface area contributed by atoms with E-state index < -0.39 is 0 Å². The number of benzene rings is 2. The number of rotatable bonds is 4. The third kappa shape index (κ3) is 4.21. The average molecular weight is 455 g/mol. The quantitative estimate of drug-likeness (QED) is 0.636. The number of carbonyl (C=O) groups is 1. The molecule has 0 spiro atoms. The molecule has 2 aromatic carbocycles. The maximum absolute atomic E-state index is 12.7. The van der Waals surface area contributed by atoms with E-state index in [4.69, 9.17) is 4.74 Å². The molecule has 1 aliphatic heterocycles. The molecule has 0 bridgehead atoms. The van der Waals surface area contributed by atoms with Crippen LogP contribution in [0.2, 0.25) is 0 Å². The molecule has 2 heterocycles. The number of nitrogens with zero attached hydrogens (tertiary/aromatic N) is 3. The Bertz CT molecular complexity index is 1020. The van der Waals surface area contributed by atoms with Gasteiger partial charge < -0.3 is 15.0 Å². The van der Waals surface area contributed by atoms with Crippen LogP contribution in [0.5, 0.6) is 0 Å². The van der Waals surface area contributed by atoms with E-state index in [-0.39, 0.29) is 5.91 Å². The van der Waals surface area contributed by atoms with Gasteiger partial charge in [-0.25, -0.2) is 4.68 Å². The Morgan fingerprint density at radius 2 is 1.79 bits per heavy atom. The van der Waals surface area contributed by atoms with E-state index in [0.29, 0.717) is 5.56 Å². The topological polar surface area (TPSA) is 59.4 Å². The average Bonchev–Trinajstić information content (AvgIpc) is 3.02. The van der Waals surface area contributed by atoms with Gasteiger partial charge in [-0.1, -0.05) is 6.07 Å². The summed E-state index contributed by atoms with van der Waals surface area (Å²) in [5, 5.41) is 7.53. The third-order valence-electron chi connectivity index (χ3n) is 5.06. The highest BCUT2D eigenvalue weighted by molar-refractivity contribution is 9.10. The second-order valence-electron chi connectivity index (χ2n) is 7.05. The fraction of sp³-hybridized carbons (Fsp3) is 0.273. The molecule has 4 rings (SSSR count). The number of aromatic nitrogens is 2. The van der Waals surface area contributed by atoms with Gasteiger partial charge in [-0.3, -0.25) is 4.79 Å². The SMILES string of the molecule is Cc1nn(-c2ccc(C(=O)Nc3cccc(N4CCOCC4)c3)cc2)c(C)c1Br. The highest BCUT2D eigenvalue weighted by atomic mass is 79.9. The molecule has 29 heavy (non-hydrogen) atoms. The monoisotopic (exact) mass is 454 g/mol. The Kier molecular flexibility index (Phi) is 5.69. The summed E-state index contributed by atoms with van der Waals surface area (Å²) in [7, 11) is 0. The molecule has 1 fully saturated rings. The van der Waals surface area contributed by atoms with Crippen LogP contribution in [0.3, 0.4) is 0 Å². The molecular weight excluding hydrogens is 432 g/mol. The summed E-state index contributed by atoms with van der Waals surface area (Å²) >= 11 is 3.55. The largest absolute Gasteiger partial charge is 0.378 e. The number of nitrogens with one attached hydrogen (secondary N) is 1. The lowest BCUT2D eigenvalue weighted by molar-refractivity contribution is 0.102. The molecule has 1 N–H and O–H groups in total. The molecule has 0 atom stereocenters. The van der Waals surface area contributed by atoms with Crippen LogP contribution in [0, 0.1) is 13.8 Å². The lowest BCUT2D eigenvalue weighted by Gasteiger charge is -2.29. The summed E-state index contributed by atoms with van der Waals surface area (Å²) in [4.78, 5) is 15.0. The summed E-state index contributed by atoms with van der Waals surface area (Å²) in [5.74, 6) is -0.134. The van der Waals surface area contributed by atoms with Gasteiger partial charge in [0.25, 0.3) is 5.91 Å². The van der Waals surface area contributed by atoms with Crippen LogP contribution in [0.4, 0.5) is 11.4 Å². The van der Waals surface area contributed by atoms with Gasteiger partial charge in [0.1, 0.15) is 0 Å². The Labute approximate surface area is 178 Å². The van der Waals surface area contributed by atoms with E-state index in [0.717, 1.165) is 59.2 Å². The normalized spacial score (nSPS) is 14.1. The molecule has 1 aliphatic rings. The molecular formula is C22H23BrN4O2. The van der Waals surface area contributed by atoms with Crippen LogP contribution < -0.4 is 10.2 Å². The maximum atomic E-state index is 12.7. The minimum atomic E-state index is -0.134. The van der Waals surface area contributed by atoms with Gasteiger partial charge >= 0.3 is 0 Å². The van der Waals surface area contributed by atoms with Gasteiger partial charge in [0.15, 0.2) is 0 Å². The van der Waals surface area contributed by atoms with E-state index in [2.05, 4.69) is 37.3 Å². The summed E-state index contributed by atoms with van der Waals surface area (Å²) in [6.07, 6.45) is 0. The number of carbonyl (C=O) groups excluding carboxylic acids is 1. The fourth-order valence-corrected chi connectivity index (χ4v) is 3.68. The van der Waals surface area contributed by atoms with Crippen molar-refractivity contribution in [1.29, 1.82) is 0 Å². The molecule has 1 aromatic heterocycles. The summed E-state index contributed by atoms with van der Waals surface area (Å²) in [6, 6.07) is 15.4. The van der Waals surface area contributed by atoms with Crippen molar-refractivity contribution in [3.8, 4) is 5.69 Å². The Balaban J connectivity index is 1.48. The Hall–Kier alpha value is -2.64. The number of ether oxygens (including phenoxy) is 1. The van der Waals surface area contributed by atoms with E-state index in [1.165, 1.54) is 0 Å². The zero-order valence-electron chi connectivity index (χ0n) is 16.5. The zero-order valence-corrected chi connectivity index (χ0v) is 18.1. The molecule has 150 valence electrons. The molecule has 0 radical (unpaired) electrons. The Morgan fingerprint density at radius 1 is 1.07 bits per heavy atom. The lowest BCUT2D eigenvalue weighted by atomic mass is 10.1. The van der Waals surface area contributed by atoms with Crippen LogP contribution in [-0.2, 0) is 4.74 Å². The van der Waals surface area contributed by atoms with E-state index in [9.17, 15) is 4.79 Å². The minimum absolute atomic E-state index is 0.134. The number of hydrogen-bond donors (Lipinski definition) is 1. The summed E-state index contributed by atoms with van der Waals surface area (Å²) in [5.41, 5.74) is 5.36. The van der Waals surface area contributed by atoms with Gasteiger partial charge in [0.05, 0.1) is 34.8 Å². The van der Waals surface area contributed by atoms with Gasteiger partial charge in [0.2, 0.25) is 0 Å². The first-order chi connectivity index (χ1) is 14.0. The first kappa shape index (κ1) is 19.7. The van der Waals surface area contributed by atoms with Gasteiger partial charge in [-0.2, -0.15) is 5.10 Å².